The molecule has 0 fully saturated rings. The predicted molar refractivity (Wildman–Crippen MR) is 152 cm³/mol. The van der Waals surface area contributed by atoms with E-state index in [1.807, 2.05) is 47.8 Å². The highest BCUT2D eigenvalue weighted by molar-refractivity contribution is 7.10. The molecule has 2 aromatic heterocycles. The van der Waals surface area contributed by atoms with Gasteiger partial charge in [0.1, 0.15) is 18.4 Å². The molecule has 5 rings (SSSR count). The Morgan fingerprint density at radius 2 is 1.95 bits per heavy atom. The van der Waals surface area contributed by atoms with Gasteiger partial charge < -0.3 is 9.47 Å². The minimum Gasteiger partial charge on any atom is -0.488 e. The number of halogens is 2. The highest BCUT2D eigenvalue weighted by Gasteiger charge is 2.33. The third-order valence-electron chi connectivity index (χ3n) is 5.91. The molecule has 194 valence electrons. The van der Waals surface area contributed by atoms with Crippen LogP contribution in [0.4, 0.5) is 0 Å². The summed E-state index contributed by atoms with van der Waals surface area (Å²) in [6, 6.07) is 16.0. The maximum Gasteiger partial charge on any atom is 0.338 e. The van der Waals surface area contributed by atoms with Gasteiger partial charge in [0.25, 0.3) is 5.56 Å². The van der Waals surface area contributed by atoms with Gasteiger partial charge in [-0.3, -0.25) is 9.36 Å². The van der Waals surface area contributed by atoms with Crippen LogP contribution in [0.15, 0.2) is 81.0 Å². The van der Waals surface area contributed by atoms with Crippen LogP contribution in [0.5, 0.6) is 5.75 Å². The maximum absolute atomic E-state index is 13.8. The number of aromatic nitrogens is 1. The average molecular weight is 586 g/mol. The van der Waals surface area contributed by atoms with Gasteiger partial charge in [-0.2, -0.15) is 0 Å². The minimum atomic E-state index is -0.603. The summed E-state index contributed by atoms with van der Waals surface area (Å²) in [7, 11) is 0. The Kier molecular flexibility index (Phi) is 7.85. The standard InChI is InChI=1S/C28H22Cl2N2O4S2/c1-3-35-27(34)24-16(2)31-28-32(25(24)22-9-6-12-37-22)26(33)23(38-28)14-18-7-4-5-8-21(18)36-15-17-10-11-19(29)20(30)13-17/h4-14,25H,3,15H2,1-2H3/b23-14-/t25-/m1/s1. The molecule has 4 aromatic rings. The number of benzene rings is 2. The fourth-order valence-corrected chi connectivity index (χ4v) is 6.35. The summed E-state index contributed by atoms with van der Waals surface area (Å²) in [6.07, 6.45) is 1.79. The second-order valence-electron chi connectivity index (χ2n) is 8.39. The number of nitrogens with zero attached hydrogens (tertiary/aromatic N) is 2. The molecule has 1 aliphatic heterocycles. The van der Waals surface area contributed by atoms with Crippen molar-refractivity contribution in [3.63, 3.8) is 0 Å². The minimum absolute atomic E-state index is 0.232. The number of carbonyl (C=O) groups is 1. The Balaban J connectivity index is 1.56. The normalized spacial score (nSPS) is 15.3. The zero-order chi connectivity index (χ0) is 26.8. The first-order valence-corrected chi connectivity index (χ1v) is 14.2. The van der Waals surface area contributed by atoms with E-state index in [1.165, 1.54) is 22.7 Å². The Hall–Kier alpha value is -3.17. The van der Waals surface area contributed by atoms with E-state index in [1.54, 1.807) is 36.6 Å². The van der Waals surface area contributed by atoms with Gasteiger partial charge in [-0.1, -0.05) is 64.9 Å². The van der Waals surface area contributed by atoms with Crippen LogP contribution in [0, 0.1) is 0 Å². The Labute approximate surface area is 236 Å². The molecular formula is C28H22Cl2N2O4S2. The third kappa shape index (κ3) is 5.22. The van der Waals surface area contributed by atoms with E-state index in [9.17, 15) is 9.59 Å². The van der Waals surface area contributed by atoms with E-state index in [4.69, 9.17) is 32.7 Å². The van der Waals surface area contributed by atoms with Crippen LogP contribution in [-0.4, -0.2) is 17.1 Å². The fraction of sp³-hybridized carbons (Fsp3) is 0.179. The van der Waals surface area contributed by atoms with Gasteiger partial charge in [-0.25, -0.2) is 9.79 Å². The van der Waals surface area contributed by atoms with Crippen molar-refractivity contribution in [3.05, 3.63) is 117 Å². The van der Waals surface area contributed by atoms with Gasteiger partial charge in [0, 0.05) is 10.4 Å². The zero-order valence-electron chi connectivity index (χ0n) is 20.4. The number of thiophene rings is 1. The van der Waals surface area contributed by atoms with Crippen LogP contribution in [-0.2, 0) is 16.1 Å². The number of para-hydroxylation sites is 1. The molecule has 0 unspecified atom stereocenters. The lowest BCUT2D eigenvalue weighted by atomic mass is 10.0. The van der Waals surface area contributed by atoms with Gasteiger partial charge >= 0.3 is 5.97 Å². The molecule has 0 saturated carbocycles. The van der Waals surface area contributed by atoms with Crippen LogP contribution in [0.1, 0.15) is 35.9 Å². The van der Waals surface area contributed by atoms with Gasteiger partial charge in [0.2, 0.25) is 0 Å². The first-order chi connectivity index (χ1) is 18.4. The van der Waals surface area contributed by atoms with E-state index in [-0.39, 0.29) is 18.8 Å². The molecular weight excluding hydrogens is 563 g/mol. The quantitative estimate of drug-likeness (QED) is 0.259. The second kappa shape index (κ2) is 11.3. The van der Waals surface area contributed by atoms with Crippen molar-refractivity contribution in [1.82, 2.24) is 4.57 Å². The van der Waals surface area contributed by atoms with Gasteiger partial charge in [0.15, 0.2) is 4.80 Å². The Bertz CT molecular complexity index is 1720. The number of rotatable bonds is 7. The van der Waals surface area contributed by atoms with Crippen molar-refractivity contribution in [1.29, 1.82) is 0 Å². The Morgan fingerprint density at radius 3 is 2.68 bits per heavy atom. The molecule has 0 radical (unpaired) electrons. The lowest BCUT2D eigenvalue weighted by Crippen LogP contribution is -2.39. The maximum atomic E-state index is 13.8. The van der Waals surface area contributed by atoms with Crippen LogP contribution in [0.3, 0.4) is 0 Å². The molecule has 0 spiro atoms. The third-order valence-corrected chi connectivity index (χ3v) is 8.56. The number of esters is 1. The van der Waals surface area contributed by atoms with Gasteiger partial charge in [-0.05, 0) is 55.1 Å². The van der Waals surface area contributed by atoms with Gasteiger partial charge in [-0.15, -0.1) is 11.3 Å². The molecule has 6 nitrogen and oxygen atoms in total. The molecule has 1 atom stereocenters. The highest BCUT2D eigenvalue weighted by Crippen LogP contribution is 2.33. The topological polar surface area (TPSA) is 69.9 Å². The van der Waals surface area contributed by atoms with Crippen LogP contribution >= 0.6 is 45.9 Å². The number of ether oxygens (including phenoxy) is 2. The molecule has 0 aliphatic carbocycles. The molecule has 0 amide bonds. The molecule has 2 aromatic carbocycles. The van der Waals surface area contributed by atoms with Gasteiger partial charge in [0.05, 0.1) is 32.5 Å². The Morgan fingerprint density at radius 1 is 1.13 bits per heavy atom. The SMILES string of the molecule is CCOC(=O)C1=C(C)N=c2s/c(=C\c3ccccc3OCc3ccc(Cl)c(Cl)c3)c(=O)n2[C@@H]1c1cccs1. The first kappa shape index (κ1) is 26.4. The van der Waals surface area contributed by atoms with Crippen molar-refractivity contribution in [2.45, 2.75) is 26.5 Å². The van der Waals surface area contributed by atoms with Crippen molar-refractivity contribution in [3.8, 4) is 5.75 Å². The van der Waals surface area contributed by atoms with Crippen molar-refractivity contribution in [2.75, 3.05) is 6.61 Å². The summed E-state index contributed by atoms with van der Waals surface area (Å²) in [6.45, 7) is 4.04. The first-order valence-electron chi connectivity index (χ1n) is 11.8. The molecule has 0 N–H and O–H groups in total. The number of fused-ring (bicyclic) bond motifs is 1. The summed E-state index contributed by atoms with van der Waals surface area (Å²) in [5, 5.41) is 2.86. The molecule has 1 aliphatic rings. The monoisotopic (exact) mass is 584 g/mol. The predicted octanol–water partition coefficient (Wildman–Crippen LogP) is 5.75. The summed E-state index contributed by atoms with van der Waals surface area (Å²) in [4.78, 5) is 32.7. The summed E-state index contributed by atoms with van der Waals surface area (Å²) in [5.74, 6) is 0.144. The van der Waals surface area contributed by atoms with E-state index >= 15 is 0 Å². The van der Waals surface area contributed by atoms with Crippen LogP contribution < -0.4 is 19.6 Å². The summed E-state index contributed by atoms with van der Waals surface area (Å²) < 4.78 is 13.5. The van der Waals surface area contributed by atoms with E-state index in [2.05, 4.69) is 4.99 Å². The molecule has 3 heterocycles. The van der Waals surface area contributed by atoms with Crippen molar-refractivity contribution < 1.29 is 14.3 Å². The lowest BCUT2D eigenvalue weighted by molar-refractivity contribution is -0.139. The van der Waals surface area contributed by atoms with Crippen LogP contribution in [0.25, 0.3) is 6.08 Å². The number of hydrogen-bond acceptors (Lipinski definition) is 7. The molecule has 38 heavy (non-hydrogen) atoms. The lowest BCUT2D eigenvalue weighted by Gasteiger charge is -2.23. The van der Waals surface area contributed by atoms with Crippen molar-refractivity contribution in [2.24, 2.45) is 4.99 Å². The van der Waals surface area contributed by atoms with Crippen molar-refractivity contribution >= 4 is 57.9 Å². The molecule has 0 bridgehead atoms. The highest BCUT2D eigenvalue weighted by atomic mass is 35.5. The number of hydrogen-bond donors (Lipinski definition) is 0. The number of carbonyl (C=O) groups excluding carboxylic acids is 1. The molecule has 0 saturated heterocycles. The fourth-order valence-electron chi connectivity index (χ4n) is 4.17. The second-order valence-corrected chi connectivity index (χ2v) is 11.2. The smallest absolute Gasteiger partial charge is 0.338 e. The summed E-state index contributed by atoms with van der Waals surface area (Å²) in [5.41, 5.74) is 2.29. The summed E-state index contributed by atoms with van der Waals surface area (Å²) >= 11 is 14.9. The zero-order valence-corrected chi connectivity index (χ0v) is 23.6. The number of thiazole rings is 1. The van der Waals surface area contributed by atoms with Crippen LogP contribution in [0.2, 0.25) is 10.0 Å². The van der Waals surface area contributed by atoms with E-state index < -0.39 is 12.0 Å². The average Bonchev–Trinajstić information content (AvgIpc) is 3.53. The number of allylic oxidation sites excluding steroid dienone is 1. The largest absolute Gasteiger partial charge is 0.488 e. The van der Waals surface area contributed by atoms with E-state index in [0.29, 0.717) is 36.4 Å². The van der Waals surface area contributed by atoms with E-state index in [0.717, 1.165) is 16.0 Å². The molecule has 10 heteroatoms.